The van der Waals surface area contributed by atoms with E-state index >= 15 is 4.39 Å². The smallest absolute Gasteiger partial charge is 0.416 e. The monoisotopic (exact) mass is 551 g/mol. The van der Waals surface area contributed by atoms with Crippen LogP contribution in [0.1, 0.15) is 16.7 Å². The second kappa shape index (κ2) is 9.98. The average Bonchev–Trinajstić information content (AvgIpc) is 3.08. The van der Waals surface area contributed by atoms with Crippen molar-refractivity contribution in [3.63, 3.8) is 0 Å². The van der Waals surface area contributed by atoms with Gasteiger partial charge in [0.2, 0.25) is 5.67 Å². The molecule has 4 N–H and O–H groups in total. The van der Waals surface area contributed by atoms with Crippen LogP contribution < -0.4 is 9.64 Å². The molecular formula is C23H22ClF4NO8. The van der Waals surface area contributed by atoms with Gasteiger partial charge in [-0.25, -0.2) is 4.39 Å². The zero-order chi connectivity index (χ0) is 27.3. The molecule has 2 aromatic rings. The lowest BCUT2D eigenvalue weighted by Crippen LogP contribution is -2.59. The van der Waals surface area contributed by atoms with E-state index in [9.17, 15) is 38.4 Å². The quantitative estimate of drug-likeness (QED) is 0.400. The standard InChI is InChI=1S/C23H22ClF4NO8/c1-35-15-5-3-11(24)7-13(15)22(25)12-4-2-10(23(26,27)28)6-14(12)29(21(22)34)9-36-20-19(33)18(32)17(31)16(8-30)37-20/h2-7,16-20,30-33H,8-9H2,1H3/t16-,17-,18+,19-,20?,22+/m1/s1. The minimum absolute atomic E-state index is 0.0325. The van der Waals surface area contributed by atoms with Crippen molar-refractivity contribution in [3.8, 4) is 5.75 Å². The Morgan fingerprint density at radius 3 is 2.41 bits per heavy atom. The molecule has 0 spiro atoms. The highest BCUT2D eigenvalue weighted by Gasteiger charge is 2.56. The van der Waals surface area contributed by atoms with Crippen molar-refractivity contribution in [2.24, 2.45) is 0 Å². The van der Waals surface area contributed by atoms with Crippen molar-refractivity contribution in [2.45, 2.75) is 42.6 Å². The van der Waals surface area contributed by atoms with Gasteiger partial charge < -0.3 is 34.6 Å². The van der Waals surface area contributed by atoms with E-state index in [1.807, 2.05) is 0 Å². The molecule has 1 fully saturated rings. The van der Waals surface area contributed by atoms with E-state index in [0.717, 1.165) is 12.1 Å². The topological polar surface area (TPSA) is 129 Å². The van der Waals surface area contributed by atoms with Gasteiger partial charge in [-0.3, -0.25) is 9.69 Å². The van der Waals surface area contributed by atoms with Crippen molar-refractivity contribution in [2.75, 3.05) is 25.3 Å². The van der Waals surface area contributed by atoms with Crippen LogP contribution in [-0.2, 0) is 26.1 Å². The maximum Gasteiger partial charge on any atom is 0.416 e. The molecule has 1 saturated heterocycles. The fourth-order valence-electron chi connectivity index (χ4n) is 4.32. The maximum absolute atomic E-state index is 16.8. The number of fused-ring (bicyclic) bond motifs is 1. The minimum Gasteiger partial charge on any atom is -0.496 e. The number of halogens is 5. The number of aliphatic hydroxyl groups is 4. The van der Waals surface area contributed by atoms with Gasteiger partial charge >= 0.3 is 6.18 Å². The molecule has 2 aliphatic rings. The van der Waals surface area contributed by atoms with Gasteiger partial charge in [-0.2, -0.15) is 13.2 Å². The fourth-order valence-corrected chi connectivity index (χ4v) is 4.50. The van der Waals surface area contributed by atoms with Gasteiger partial charge in [-0.1, -0.05) is 17.7 Å². The third-order valence-corrected chi connectivity index (χ3v) is 6.51. The Bertz CT molecular complexity index is 1180. The maximum atomic E-state index is 16.8. The summed E-state index contributed by atoms with van der Waals surface area (Å²) >= 11 is 6.01. The largest absolute Gasteiger partial charge is 0.496 e. The number of benzene rings is 2. The summed E-state index contributed by atoms with van der Waals surface area (Å²) in [5, 5.41) is 39.4. The molecule has 202 valence electrons. The molecule has 2 aromatic carbocycles. The number of hydrogen-bond acceptors (Lipinski definition) is 8. The molecule has 9 nitrogen and oxygen atoms in total. The average molecular weight is 552 g/mol. The molecule has 2 heterocycles. The van der Waals surface area contributed by atoms with Crippen LogP contribution in [0.15, 0.2) is 36.4 Å². The van der Waals surface area contributed by atoms with Gasteiger partial charge in [0.05, 0.1) is 25.0 Å². The third-order valence-electron chi connectivity index (χ3n) is 6.28. The molecule has 1 amide bonds. The van der Waals surface area contributed by atoms with E-state index in [-0.39, 0.29) is 16.3 Å². The molecule has 4 rings (SSSR count). The van der Waals surface area contributed by atoms with Crippen molar-refractivity contribution in [1.29, 1.82) is 0 Å². The predicted octanol–water partition coefficient (Wildman–Crippen LogP) is 1.70. The summed E-state index contributed by atoms with van der Waals surface area (Å²) in [4.78, 5) is 14.1. The normalized spacial score (nSPS) is 29.9. The van der Waals surface area contributed by atoms with Gasteiger partial charge in [0.25, 0.3) is 5.91 Å². The van der Waals surface area contributed by atoms with E-state index < -0.39 is 78.6 Å². The number of nitrogens with zero attached hydrogens (tertiary/aromatic N) is 1. The van der Waals surface area contributed by atoms with Crippen LogP contribution >= 0.6 is 11.6 Å². The van der Waals surface area contributed by atoms with Gasteiger partial charge in [0.1, 0.15) is 36.9 Å². The minimum atomic E-state index is -4.82. The summed E-state index contributed by atoms with van der Waals surface area (Å²) in [5.74, 6) is -1.44. The highest BCUT2D eigenvalue weighted by atomic mass is 35.5. The number of ether oxygens (including phenoxy) is 3. The molecule has 0 aromatic heterocycles. The van der Waals surface area contributed by atoms with Crippen molar-refractivity contribution < 1.29 is 57.0 Å². The first-order chi connectivity index (χ1) is 17.3. The van der Waals surface area contributed by atoms with Crippen molar-refractivity contribution in [3.05, 3.63) is 58.1 Å². The van der Waals surface area contributed by atoms with Crippen LogP contribution in [0.25, 0.3) is 0 Å². The van der Waals surface area contributed by atoms with E-state index in [0.29, 0.717) is 17.0 Å². The molecule has 0 radical (unpaired) electrons. The van der Waals surface area contributed by atoms with Crippen LogP contribution in [0.3, 0.4) is 0 Å². The fraction of sp³-hybridized carbons (Fsp3) is 0.435. The number of aliphatic hydroxyl groups excluding tert-OH is 4. The highest BCUT2D eigenvalue weighted by molar-refractivity contribution is 6.30. The van der Waals surface area contributed by atoms with Crippen molar-refractivity contribution in [1.82, 2.24) is 0 Å². The molecule has 0 aliphatic carbocycles. The van der Waals surface area contributed by atoms with Crippen LogP contribution in [0.2, 0.25) is 5.02 Å². The Kier molecular flexibility index (Phi) is 7.42. The molecule has 0 saturated carbocycles. The van der Waals surface area contributed by atoms with E-state index in [1.165, 1.54) is 19.2 Å². The second-order valence-electron chi connectivity index (χ2n) is 8.46. The zero-order valence-corrected chi connectivity index (χ0v) is 19.8. The molecular weight excluding hydrogens is 530 g/mol. The summed E-state index contributed by atoms with van der Waals surface area (Å²) in [6, 6.07) is 5.80. The first-order valence-electron chi connectivity index (χ1n) is 10.8. The number of amides is 1. The first-order valence-corrected chi connectivity index (χ1v) is 11.2. The van der Waals surface area contributed by atoms with Gasteiger partial charge in [0.15, 0.2) is 6.29 Å². The Labute approximate surface area is 212 Å². The van der Waals surface area contributed by atoms with Crippen molar-refractivity contribution >= 4 is 23.2 Å². The highest BCUT2D eigenvalue weighted by Crippen LogP contribution is 2.51. The predicted molar refractivity (Wildman–Crippen MR) is 119 cm³/mol. The molecule has 37 heavy (non-hydrogen) atoms. The van der Waals surface area contributed by atoms with Crippen LogP contribution in [0.4, 0.5) is 23.2 Å². The molecule has 6 atom stereocenters. The number of methoxy groups -OCH3 is 1. The number of alkyl halides is 4. The Balaban J connectivity index is 1.75. The van der Waals surface area contributed by atoms with Crippen LogP contribution in [-0.4, -0.2) is 77.5 Å². The number of anilines is 1. The van der Waals surface area contributed by atoms with E-state index in [4.69, 9.17) is 25.8 Å². The molecule has 1 unspecified atom stereocenters. The summed E-state index contributed by atoms with van der Waals surface area (Å²) in [6.45, 7) is -1.70. The summed E-state index contributed by atoms with van der Waals surface area (Å²) in [6.07, 6.45) is -13.3. The number of hydrogen-bond donors (Lipinski definition) is 4. The lowest BCUT2D eigenvalue weighted by Gasteiger charge is -2.40. The summed E-state index contributed by atoms with van der Waals surface area (Å²) in [7, 11) is 1.21. The second-order valence-corrected chi connectivity index (χ2v) is 8.90. The molecule has 14 heteroatoms. The van der Waals surface area contributed by atoms with Gasteiger partial charge in [-0.05, 0) is 30.3 Å². The lowest BCUT2D eigenvalue weighted by molar-refractivity contribution is -0.300. The number of rotatable bonds is 6. The van der Waals surface area contributed by atoms with Crippen LogP contribution in [0, 0.1) is 0 Å². The van der Waals surface area contributed by atoms with Crippen LogP contribution in [0.5, 0.6) is 5.75 Å². The number of carbonyl (C=O) groups excluding carboxylic acids is 1. The zero-order valence-electron chi connectivity index (χ0n) is 19.0. The van der Waals surface area contributed by atoms with E-state index in [2.05, 4.69) is 0 Å². The van der Waals surface area contributed by atoms with E-state index in [1.54, 1.807) is 0 Å². The Hall–Kier alpha value is -2.52. The first kappa shape index (κ1) is 27.5. The summed E-state index contributed by atoms with van der Waals surface area (Å²) in [5.41, 5.74) is -5.48. The molecule has 2 aliphatic heterocycles. The molecule has 0 bridgehead atoms. The van der Waals surface area contributed by atoms with Gasteiger partial charge in [-0.15, -0.1) is 0 Å². The third kappa shape index (κ3) is 4.65. The Morgan fingerprint density at radius 2 is 1.78 bits per heavy atom. The SMILES string of the molecule is COc1ccc(Cl)cc1[C@]1(F)C(=O)N(COC2O[C@H](CO)[C@@H](O)[C@H](O)[C@H]2O)c2cc(C(F)(F)F)ccc21. The summed E-state index contributed by atoms with van der Waals surface area (Å²) < 4.78 is 72.8. The van der Waals surface area contributed by atoms with Gasteiger partial charge in [0, 0.05) is 16.1 Å². The number of carbonyl (C=O) groups is 1. The Morgan fingerprint density at radius 1 is 1.08 bits per heavy atom. The lowest BCUT2D eigenvalue weighted by atomic mass is 9.88.